The van der Waals surface area contributed by atoms with Gasteiger partial charge in [-0.05, 0) is 0 Å². The first-order valence-electron chi connectivity index (χ1n) is 2.53. The second-order valence-electron chi connectivity index (χ2n) is 1.45. The van der Waals surface area contributed by atoms with Crippen LogP contribution in [0.5, 0.6) is 0 Å². The Morgan fingerprint density at radius 3 is 2.58 bits per heavy atom. The van der Waals surface area contributed by atoms with Crippen molar-refractivity contribution in [2.24, 2.45) is 0 Å². The maximum Gasteiger partial charge on any atom is 1.00 e. The Morgan fingerprint density at radius 2 is 2.08 bits per heavy atom. The van der Waals surface area contributed by atoms with Gasteiger partial charge in [0.1, 0.15) is 0 Å². The first-order valence-corrected chi connectivity index (χ1v) is 3.27. The molecule has 0 heterocycles. The van der Waals surface area contributed by atoms with Gasteiger partial charge in [-0.2, -0.15) is 34.7 Å². The molecule has 0 fully saturated rings. The van der Waals surface area contributed by atoms with Crippen molar-refractivity contribution >= 4 is 12.0 Å². The Labute approximate surface area is 99.2 Å². The monoisotopic (exact) mass is 170 g/mol. The van der Waals surface area contributed by atoms with Crippen LogP contribution in [0.4, 0.5) is 0 Å². The van der Waals surface area contributed by atoms with E-state index in [0.717, 1.165) is 12.0 Å². The van der Waals surface area contributed by atoms with Gasteiger partial charge in [0.15, 0.2) is 0 Å². The van der Waals surface area contributed by atoms with Crippen molar-refractivity contribution in [2.75, 3.05) is 0 Å². The van der Waals surface area contributed by atoms with E-state index >= 15 is 0 Å². The molecule has 0 aliphatic rings. The SMILES string of the molecule is [Li+].[Li+].[O-]OOSc1[c-]cccc1. The summed E-state index contributed by atoms with van der Waals surface area (Å²) in [6, 6.07) is 9.93. The van der Waals surface area contributed by atoms with Crippen LogP contribution in [0.15, 0.2) is 29.2 Å². The van der Waals surface area contributed by atoms with E-state index in [9.17, 15) is 5.26 Å². The fourth-order valence-electron chi connectivity index (χ4n) is 0.479. The van der Waals surface area contributed by atoms with Crippen LogP contribution in [0.2, 0.25) is 0 Å². The van der Waals surface area contributed by atoms with Crippen molar-refractivity contribution in [3.8, 4) is 0 Å². The van der Waals surface area contributed by atoms with Crippen molar-refractivity contribution < 1.29 is 52.4 Å². The molecule has 0 N–H and O–H groups in total. The predicted molar refractivity (Wildman–Crippen MR) is 33.3 cm³/mol. The van der Waals surface area contributed by atoms with Crippen molar-refractivity contribution in [3.05, 3.63) is 30.3 Å². The minimum Gasteiger partial charge on any atom is -0.691 e. The quantitative estimate of drug-likeness (QED) is 0.149. The smallest absolute Gasteiger partial charge is 0.691 e. The molecule has 0 saturated carbocycles. The van der Waals surface area contributed by atoms with E-state index < -0.39 is 0 Å². The molecule has 3 nitrogen and oxygen atoms in total. The fourth-order valence-corrected chi connectivity index (χ4v) is 0.831. The van der Waals surface area contributed by atoms with Gasteiger partial charge in [0.2, 0.25) is 0 Å². The zero-order valence-electron chi connectivity index (χ0n) is 6.94. The normalized spacial score (nSPS) is 8.08. The molecule has 6 heteroatoms. The molecule has 0 aliphatic carbocycles. The molecule has 12 heavy (non-hydrogen) atoms. The molecule has 1 rings (SSSR count). The maximum atomic E-state index is 9.35. The molecule has 0 atom stereocenters. The van der Waals surface area contributed by atoms with Crippen LogP contribution in [-0.2, 0) is 9.37 Å². The number of hydrogen-bond acceptors (Lipinski definition) is 4. The molecular formula is C6H4Li2O3S. The minimum atomic E-state index is 0. The van der Waals surface area contributed by atoms with E-state index in [1.54, 1.807) is 12.1 Å². The minimum absolute atomic E-state index is 0. The molecular weight excluding hydrogens is 166 g/mol. The van der Waals surface area contributed by atoms with Gasteiger partial charge in [-0.3, -0.25) is 5.04 Å². The summed E-state index contributed by atoms with van der Waals surface area (Å²) >= 11 is 0.830. The summed E-state index contributed by atoms with van der Waals surface area (Å²) in [5.41, 5.74) is 0. The Morgan fingerprint density at radius 1 is 1.33 bits per heavy atom. The van der Waals surface area contributed by atoms with Crippen LogP contribution >= 0.6 is 12.0 Å². The van der Waals surface area contributed by atoms with Crippen LogP contribution < -0.4 is 43.0 Å². The second kappa shape index (κ2) is 9.73. The molecule has 0 amide bonds. The number of benzene rings is 1. The van der Waals surface area contributed by atoms with E-state index in [-0.39, 0.29) is 37.7 Å². The van der Waals surface area contributed by atoms with Crippen molar-refractivity contribution in [2.45, 2.75) is 4.90 Å². The second-order valence-corrected chi connectivity index (χ2v) is 2.19. The average molecular weight is 170 g/mol. The van der Waals surface area contributed by atoms with Gasteiger partial charge in [0, 0.05) is 12.0 Å². The molecule has 0 bridgehead atoms. The van der Waals surface area contributed by atoms with Crippen molar-refractivity contribution in [3.63, 3.8) is 0 Å². The van der Waals surface area contributed by atoms with Crippen molar-refractivity contribution in [1.29, 1.82) is 0 Å². The standard InChI is InChI=1S/C6H5O3S.2Li/c7-8-9-10-6-4-2-1-3-5-6;;/h1-4,7H;;/q-1;2*+1/p-1. The van der Waals surface area contributed by atoms with E-state index in [1.807, 2.05) is 12.1 Å². The van der Waals surface area contributed by atoms with Crippen LogP contribution in [0.25, 0.3) is 0 Å². The summed E-state index contributed by atoms with van der Waals surface area (Å²) in [5.74, 6) is 0. The van der Waals surface area contributed by atoms with Crippen LogP contribution in [-0.4, -0.2) is 0 Å². The summed E-state index contributed by atoms with van der Waals surface area (Å²) in [6.45, 7) is 0. The summed E-state index contributed by atoms with van der Waals surface area (Å²) in [7, 11) is 0. The van der Waals surface area contributed by atoms with Crippen LogP contribution in [0, 0.1) is 6.07 Å². The molecule has 1 aromatic rings. The first-order chi connectivity index (χ1) is 4.93. The zero-order chi connectivity index (χ0) is 7.23. The van der Waals surface area contributed by atoms with E-state index in [0.29, 0.717) is 4.90 Å². The van der Waals surface area contributed by atoms with Gasteiger partial charge in [-0.1, -0.05) is 4.90 Å². The summed E-state index contributed by atoms with van der Waals surface area (Å²) < 4.78 is 4.05. The van der Waals surface area contributed by atoms with Gasteiger partial charge in [-0.25, -0.2) is 0 Å². The molecule has 54 valence electrons. The Bertz CT molecular complexity index is 185. The third-order valence-electron chi connectivity index (χ3n) is 0.832. The molecule has 0 radical (unpaired) electrons. The molecule has 0 unspecified atom stereocenters. The van der Waals surface area contributed by atoms with Gasteiger partial charge in [0.25, 0.3) is 0 Å². The Hall–Kier alpha value is 0.645. The summed E-state index contributed by atoms with van der Waals surface area (Å²) in [6.07, 6.45) is 0. The van der Waals surface area contributed by atoms with E-state index in [4.69, 9.17) is 0 Å². The molecule has 0 saturated heterocycles. The zero-order valence-corrected chi connectivity index (χ0v) is 7.76. The fraction of sp³-hybridized carbons (Fsp3) is 0. The van der Waals surface area contributed by atoms with Crippen molar-refractivity contribution in [1.82, 2.24) is 0 Å². The molecule has 1 aromatic carbocycles. The third kappa shape index (κ3) is 6.19. The topological polar surface area (TPSA) is 41.5 Å². The van der Waals surface area contributed by atoms with Gasteiger partial charge in [0.05, 0.1) is 0 Å². The van der Waals surface area contributed by atoms with Gasteiger partial charge in [-0.15, -0.1) is 0 Å². The van der Waals surface area contributed by atoms with Gasteiger partial charge >= 0.3 is 37.7 Å². The predicted octanol–water partition coefficient (Wildman–Crippen LogP) is -5.27. The molecule has 0 spiro atoms. The van der Waals surface area contributed by atoms with E-state index in [2.05, 4.69) is 15.4 Å². The summed E-state index contributed by atoms with van der Waals surface area (Å²) in [5, 5.41) is 12.5. The van der Waals surface area contributed by atoms with Crippen LogP contribution in [0.3, 0.4) is 0 Å². The first kappa shape index (κ1) is 15.1. The Balaban J connectivity index is 0. The van der Waals surface area contributed by atoms with Crippen LogP contribution in [0.1, 0.15) is 0 Å². The number of hydrogen-bond donors (Lipinski definition) is 0. The van der Waals surface area contributed by atoms with E-state index in [1.165, 1.54) is 0 Å². The molecule has 0 aromatic heterocycles. The third-order valence-corrected chi connectivity index (χ3v) is 1.39. The molecule has 0 aliphatic heterocycles. The maximum absolute atomic E-state index is 9.35. The number of rotatable bonds is 3. The Kier molecular flexibility index (Phi) is 12.3. The average Bonchev–Trinajstić information content (AvgIpc) is 2.03. The largest absolute Gasteiger partial charge is 1.00 e. The summed E-state index contributed by atoms with van der Waals surface area (Å²) in [4.78, 5) is 0.707. The van der Waals surface area contributed by atoms with Gasteiger partial charge < -0.3 is 5.26 Å².